The second-order valence-electron chi connectivity index (χ2n) is 2.13. The van der Waals surface area contributed by atoms with E-state index in [0.29, 0.717) is 5.02 Å². The standard InChI is InChI=1S/C8H6BrCl/c1-5-3-4-7(10)8(9)6(5)2/h1-2H3. The third-order valence-electron chi connectivity index (χ3n) is 1.44. The van der Waals surface area contributed by atoms with Crippen LogP contribution < -0.4 is 0 Å². The monoisotopic (exact) mass is 216 g/mol. The highest BCUT2D eigenvalue weighted by atomic mass is 79.9. The number of halogens is 2. The van der Waals surface area contributed by atoms with Crippen LogP contribution in [0, 0.1) is 26.0 Å². The molecule has 0 nitrogen and oxygen atoms in total. The van der Waals surface area contributed by atoms with Crippen LogP contribution in [0.4, 0.5) is 0 Å². The Balaban J connectivity index is 3.34. The smallest absolute Gasteiger partial charge is 0.0732 e. The molecule has 0 aliphatic heterocycles. The summed E-state index contributed by atoms with van der Waals surface area (Å²) in [5.74, 6) is 0. The molecule has 10 heavy (non-hydrogen) atoms. The van der Waals surface area contributed by atoms with Gasteiger partial charge in [0.1, 0.15) is 5.02 Å². The van der Waals surface area contributed by atoms with E-state index >= 15 is 0 Å². The van der Waals surface area contributed by atoms with Crippen LogP contribution in [0.15, 0.2) is 4.47 Å². The Kier molecular flexibility index (Phi) is 2.23. The van der Waals surface area contributed by atoms with Gasteiger partial charge in [0, 0.05) is 10.0 Å². The molecule has 0 aliphatic carbocycles. The molecule has 0 N–H and O–H groups in total. The van der Waals surface area contributed by atoms with Gasteiger partial charge < -0.3 is 0 Å². The molecule has 0 aromatic heterocycles. The zero-order valence-corrected chi connectivity index (χ0v) is 8.10. The first kappa shape index (κ1) is 7.91. The average Bonchev–Trinajstić information content (AvgIpc) is 1.93. The lowest BCUT2D eigenvalue weighted by Crippen LogP contribution is -1.79. The van der Waals surface area contributed by atoms with Gasteiger partial charge in [0.25, 0.3) is 0 Å². The quantitative estimate of drug-likeness (QED) is 0.625. The predicted octanol–water partition coefficient (Wildman–Crippen LogP) is 3.32. The van der Waals surface area contributed by atoms with Crippen molar-refractivity contribution in [2.45, 2.75) is 13.8 Å². The van der Waals surface area contributed by atoms with Gasteiger partial charge >= 0.3 is 0 Å². The van der Waals surface area contributed by atoms with Crippen molar-refractivity contribution in [3.63, 3.8) is 0 Å². The molecule has 0 bridgehead atoms. The summed E-state index contributed by atoms with van der Waals surface area (Å²) in [5.41, 5.74) is 2.21. The van der Waals surface area contributed by atoms with Crippen molar-refractivity contribution >= 4 is 27.5 Å². The van der Waals surface area contributed by atoms with E-state index < -0.39 is 0 Å². The zero-order valence-electron chi connectivity index (χ0n) is 5.76. The molecule has 0 amide bonds. The minimum absolute atomic E-state index is 0.600. The fourth-order valence-corrected chi connectivity index (χ4v) is 1.21. The van der Waals surface area contributed by atoms with Crippen molar-refractivity contribution in [2.24, 2.45) is 0 Å². The fourth-order valence-electron chi connectivity index (χ4n) is 0.626. The second-order valence-corrected chi connectivity index (χ2v) is 3.30. The first-order valence-corrected chi connectivity index (χ1v) is 4.05. The van der Waals surface area contributed by atoms with Crippen LogP contribution in [0.25, 0.3) is 0 Å². The Hall–Kier alpha value is -0.190. The minimum atomic E-state index is 0.600. The molecule has 1 rings (SSSR count). The van der Waals surface area contributed by atoms with Crippen molar-refractivity contribution < 1.29 is 0 Å². The van der Waals surface area contributed by atoms with Crippen LogP contribution in [0.2, 0.25) is 5.02 Å². The van der Waals surface area contributed by atoms with E-state index in [2.05, 4.69) is 28.1 Å². The largest absolute Gasteiger partial charge is 0.105 e. The molecule has 0 radical (unpaired) electrons. The van der Waals surface area contributed by atoms with Gasteiger partial charge in [-0.2, -0.15) is 0 Å². The Labute approximate surface area is 74.3 Å². The van der Waals surface area contributed by atoms with Crippen molar-refractivity contribution in [1.29, 1.82) is 0 Å². The van der Waals surface area contributed by atoms with Crippen LogP contribution in [0.5, 0.6) is 0 Å². The van der Waals surface area contributed by atoms with Gasteiger partial charge in [0.05, 0.1) is 0 Å². The molecule has 0 heterocycles. The highest BCUT2D eigenvalue weighted by Gasteiger charge is 2.00. The molecule has 1 aromatic carbocycles. The van der Waals surface area contributed by atoms with Crippen molar-refractivity contribution in [3.8, 4) is 0 Å². The molecular weight excluding hydrogens is 211 g/mol. The highest BCUT2D eigenvalue weighted by molar-refractivity contribution is 9.10. The van der Waals surface area contributed by atoms with E-state index in [1.165, 1.54) is 0 Å². The summed E-state index contributed by atoms with van der Waals surface area (Å²) in [7, 11) is 0. The first-order chi connectivity index (χ1) is 4.63. The van der Waals surface area contributed by atoms with E-state index in [0.717, 1.165) is 15.6 Å². The molecule has 52 valence electrons. The number of hydrogen-bond acceptors (Lipinski definition) is 0. The van der Waals surface area contributed by atoms with Crippen LogP contribution in [-0.4, -0.2) is 0 Å². The Morgan fingerprint density at radius 1 is 1.30 bits per heavy atom. The fraction of sp³-hybridized carbons (Fsp3) is 0.250. The van der Waals surface area contributed by atoms with Gasteiger partial charge in [0.15, 0.2) is 0 Å². The summed E-state index contributed by atoms with van der Waals surface area (Å²) in [6, 6.07) is 5.72. The Morgan fingerprint density at radius 3 is 2.40 bits per heavy atom. The number of hydrogen-bond donors (Lipinski definition) is 0. The summed E-state index contributed by atoms with van der Waals surface area (Å²) >= 11 is 9.10. The van der Waals surface area contributed by atoms with E-state index in [-0.39, 0.29) is 0 Å². The Morgan fingerprint density at radius 2 is 1.90 bits per heavy atom. The topological polar surface area (TPSA) is 0 Å². The average molecular weight is 217 g/mol. The molecular formula is C8H6BrCl. The zero-order chi connectivity index (χ0) is 7.72. The van der Waals surface area contributed by atoms with Gasteiger partial charge in [-0.25, -0.2) is 0 Å². The van der Waals surface area contributed by atoms with Gasteiger partial charge in [-0.05, 0) is 41.4 Å². The first-order valence-electron chi connectivity index (χ1n) is 2.88. The summed E-state index contributed by atoms with van der Waals surface area (Å²) in [4.78, 5) is 0. The molecule has 0 atom stereocenters. The van der Waals surface area contributed by atoms with E-state index in [4.69, 9.17) is 11.6 Å². The molecule has 0 unspecified atom stereocenters. The van der Waals surface area contributed by atoms with Crippen molar-refractivity contribution in [1.82, 2.24) is 0 Å². The van der Waals surface area contributed by atoms with Crippen LogP contribution >= 0.6 is 27.5 Å². The normalized spacial score (nSPS) is 9.20. The maximum atomic E-state index is 5.75. The van der Waals surface area contributed by atoms with E-state index in [9.17, 15) is 0 Å². The maximum Gasteiger partial charge on any atom is 0.105 e. The molecule has 0 spiro atoms. The lowest BCUT2D eigenvalue weighted by molar-refractivity contribution is 1.33. The predicted molar refractivity (Wildman–Crippen MR) is 46.3 cm³/mol. The maximum absolute atomic E-state index is 5.75. The van der Waals surface area contributed by atoms with Gasteiger partial charge in [-0.15, -0.1) is 0 Å². The van der Waals surface area contributed by atoms with Gasteiger partial charge in [0.2, 0.25) is 0 Å². The lowest BCUT2D eigenvalue weighted by Gasteiger charge is -1.98. The molecule has 0 aliphatic rings. The number of rotatable bonds is 0. The third-order valence-corrected chi connectivity index (χ3v) is 2.95. The summed E-state index contributed by atoms with van der Waals surface area (Å²) < 4.78 is 0.922. The molecule has 0 saturated carbocycles. The van der Waals surface area contributed by atoms with E-state index in [1.807, 2.05) is 13.8 Å². The van der Waals surface area contributed by atoms with E-state index in [1.54, 1.807) is 0 Å². The molecule has 2 heteroatoms. The van der Waals surface area contributed by atoms with Gasteiger partial charge in [-0.1, -0.05) is 17.7 Å². The molecule has 0 saturated heterocycles. The highest BCUT2D eigenvalue weighted by Crippen LogP contribution is 2.24. The van der Waals surface area contributed by atoms with Crippen molar-refractivity contribution in [2.75, 3.05) is 0 Å². The molecule has 1 aromatic rings. The van der Waals surface area contributed by atoms with Crippen LogP contribution in [-0.2, 0) is 0 Å². The second kappa shape index (κ2) is 2.82. The summed E-state index contributed by atoms with van der Waals surface area (Å²) in [5, 5.41) is 0.600. The molecule has 0 fully saturated rings. The minimum Gasteiger partial charge on any atom is -0.0732 e. The SMILES string of the molecule is Cc1c#cc(Cl)c(Br)c1C. The van der Waals surface area contributed by atoms with Crippen LogP contribution in [0.3, 0.4) is 0 Å². The Bertz CT molecular complexity index is 229. The summed E-state index contributed by atoms with van der Waals surface area (Å²) in [6.45, 7) is 3.97. The van der Waals surface area contributed by atoms with Gasteiger partial charge in [-0.3, -0.25) is 0 Å². The van der Waals surface area contributed by atoms with Crippen LogP contribution in [0.1, 0.15) is 11.1 Å². The summed E-state index contributed by atoms with van der Waals surface area (Å²) in [6.07, 6.45) is 0. The van der Waals surface area contributed by atoms with Crippen molar-refractivity contribution in [3.05, 3.63) is 32.8 Å². The lowest BCUT2D eigenvalue weighted by atomic mass is 10.2. The third kappa shape index (κ3) is 1.28.